The molecule has 0 amide bonds. The van der Waals surface area contributed by atoms with E-state index in [-0.39, 0.29) is 6.61 Å². The lowest BCUT2D eigenvalue weighted by atomic mass is 10.0. The van der Waals surface area contributed by atoms with Crippen molar-refractivity contribution >= 4 is 11.3 Å². The first-order valence-electron chi connectivity index (χ1n) is 5.37. The second-order valence-electron chi connectivity index (χ2n) is 3.87. The maximum atomic E-state index is 9.03. The molecule has 0 radical (unpaired) electrons. The van der Waals surface area contributed by atoms with E-state index in [1.807, 2.05) is 24.4 Å². The first kappa shape index (κ1) is 12.1. The van der Waals surface area contributed by atoms with Crippen molar-refractivity contribution in [1.82, 2.24) is 4.98 Å². The van der Waals surface area contributed by atoms with Gasteiger partial charge in [0.1, 0.15) is 10.8 Å². The van der Waals surface area contributed by atoms with Crippen LogP contribution in [0.25, 0.3) is 10.6 Å². The number of aliphatic hydroxyl groups is 1. The fourth-order valence-electron chi connectivity index (χ4n) is 1.75. The normalized spacial score (nSPS) is 10.6. The molecule has 1 heterocycles. The Hall–Kier alpha value is -1.39. The van der Waals surface area contributed by atoms with Gasteiger partial charge in [-0.05, 0) is 37.1 Å². The predicted octanol–water partition coefficient (Wildman–Crippen LogP) is 2.93. The molecule has 90 valence electrons. The molecule has 17 heavy (non-hydrogen) atoms. The van der Waals surface area contributed by atoms with E-state index in [1.54, 1.807) is 18.4 Å². The van der Waals surface area contributed by atoms with Crippen LogP contribution in [0.2, 0.25) is 0 Å². The summed E-state index contributed by atoms with van der Waals surface area (Å²) in [6, 6.07) is 3.97. The van der Waals surface area contributed by atoms with Crippen LogP contribution in [0.4, 0.5) is 0 Å². The molecule has 0 unspecified atom stereocenters. The Kier molecular flexibility index (Phi) is 3.45. The van der Waals surface area contributed by atoms with Crippen molar-refractivity contribution in [1.29, 1.82) is 0 Å². The topological polar surface area (TPSA) is 42.4 Å². The fraction of sp³-hybridized carbons (Fsp3) is 0.308. The monoisotopic (exact) mass is 249 g/mol. The number of thiazole rings is 1. The number of rotatable bonds is 3. The third-order valence-electron chi connectivity index (χ3n) is 2.90. The Morgan fingerprint density at radius 3 is 2.65 bits per heavy atom. The first-order chi connectivity index (χ1) is 8.17. The van der Waals surface area contributed by atoms with Crippen LogP contribution in [0.5, 0.6) is 5.75 Å². The second kappa shape index (κ2) is 4.85. The number of aromatic nitrogens is 1. The Labute approximate surface area is 105 Å². The number of aliphatic hydroxyl groups excluding tert-OH is 1. The lowest BCUT2D eigenvalue weighted by molar-refractivity contribution is 0.278. The summed E-state index contributed by atoms with van der Waals surface area (Å²) in [5.74, 6) is 0.894. The molecule has 0 aliphatic heterocycles. The number of ether oxygens (including phenoxy) is 1. The highest BCUT2D eigenvalue weighted by atomic mass is 32.1. The van der Waals surface area contributed by atoms with Crippen molar-refractivity contribution in [3.8, 4) is 16.3 Å². The second-order valence-corrected chi connectivity index (χ2v) is 4.73. The molecule has 0 saturated carbocycles. The Morgan fingerprint density at radius 1 is 1.29 bits per heavy atom. The van der Waals surface area contributed by atoms with Crippen LogP contribution >= 0.6 is 11.3 Å². The highest BCUT2D eigenvalue weighted by molar-refractivity contribution is 7.13. The minimum absolute atomic E-state index is 0.00924. The van der Waals surface area contributed by atoms with Gasteiger partial charge in [-0.2, -0.15) is 0 Å². The van der Waals surface area contributed by atoms with Crippen LogP contribution < -0.4 is 4.74 Å². The van der Waals surface area contributed by atoms with Gasteiger partial charge in [0.05, 0.1) is 19.4 Å². The number of nitrogens with zero attached hydrogens (tertiary/aromatic N) is 1. The summed E-state index contributed by atoms with van der Waals surface area (Å²) >= 11 is 1.55. The number of benzene rings is 1. The van der Waals surface area contributed by atoms with E-state index in [4.69, 9.17) is 9.84 Å². The van der Waals surface area contributed by atoms with Crippen molar-refractivity contribution in [2.24, 2.45) is 0 Å². The molecule has 0 aliphatic rings. The van der Waals surface area contributed by atoms with Gasteiger partial charge >= 0.3 is 0 Å². The average Bonchev–Trinajstić information content (AvgIpc) is 2.81. The minimum Gasteiger partial charge on any atom is -0.496 e. The molecular formula is C13H15NO2S. The Morgan fingerprint density at radius 2 is 2.06 bits per heavy atom. The minimum atomic E-state index is -0.00924. The van der Waals surface area contributed by atoms with E-state index in [2.05, 4.69) is 11.9 Å². The molecular weight excluding hydrogens is 234 g/mol. The maximum Gasteiger partial charge on any atom is 0.123 e. The van der Waals surface area contributed by atoms with Gasteiger partial charge in [0.2, 0.25) is 0 Å². The van der Waals surface area contributed by atoms with E-state index < -0.39 is 0 Å². The molecule has 0 aliphatic carbocycles. The largest absolute Gasteiger partial charge is 0.496 e. The first-order valence-corrected chi connectivity index (χ1v) is 6.25. The van der Waals surface area contributed by atoms with E-state index in [9.17, 15) is 0 Å². The van der Waals surface area contributed by atoms with Crippen LogP contribution in [-0.2, 0) is 6.61 Å². The van der Waals surface area contributed by atoms with Crippen LogP contribution in [0.1, 0.15) is 16.8 Å². The standard InChI is InChI=1S/C13H15NO2S/c1-8-9(2)12(16-3)5-4-11(8)13-14-10(6-15)7-17-13/h4-5,7,15H,6H2,1-3H3. The van der Waals surface area contributed by atoms with Crippen molar-refractivity contribution in [3.05, 3.63) is 34.3 Å². The molecule has 3 nitrogen and oxygen atoms in total. The molecule has 0 spiro atoms. The lowest BCUT2D eigenvalue weighted by Crippen LogP contribution is -1.93. The quantitative estimate of drug-likeness (QED) is 0.909. The molecule has 0 saturated heterocycles. The fourth-order valence-corrected chi connectivity index (χ4v) is 2.64. The zero-order valence-corrected chi connectivity index (χ0v) is 11.0. The van der Waals surface area contributed by atoms with Crippen LogP contribution in [0, 0.1) is 13.8 Å². The third-order valence-corrected chi connectivity index (χ3v) is 3.83. The molecule has 0 atom stereocenters. The average molecular weight is 249 g/mol. The number of hydrogen-bond donors (Lipinski definition) is 1. The number of hydrogen-bond acceptors (Lipinski definition) is 4. The van der Waals surface area contributed by atoms with Crippen molar-refractivity contribution < 1.29 is 9.84 Å². The third kappa shape index (κ3) is 2.18. The summed E-state index contributed by atoms with van der Waals surface area (Å²) in [5, 5.41) is 11.9. The smallest absolute Gasteiger partial charge is 0.123 e. The van der Waals surface area contributed by atoms with Crippen molar-refractivity contribution in [2.45, 2.75) is 20.5 Å². The van der Waals surface area contributed by atoms with E-state index >= 15 is 0 Å². The van der Waals surface area contributed by atoms with Crippen LogP contribution in [-0.4, -0.2) is 17.2 Å². The molecule has 1 aromatic carbocycles. The van der Waals surface area contributed by atoms with E-state index in [0.717, 1.165) is 27.6 Å². The highest BCUT2D eigenvalue weighted by Crippen LogP contribution is 2.32. The van der Waals surface area contributed by atoms with Gasteiger partial charge in [-0.3, -0.25) is 0 Å². The summed E-state index contributed by atoms with van der Waals surface area (Å²) in [5.41, 5.74) is 4.12. The van der Waals surface area contributed by atoms with Gasteiger partial charge in [-0.1, -0.05) is 0 Å². The van der Waals surface area contributed by atoms with Crippen LogP contribution in [0.15, 0.2) is 17.5 Å². The molecule has 2 rings (SSSR count). The van der Waals surface area contributed by atoms with Gasteiger partial charge < -0.3 is 9.84 Å². The molecule has 1 aromatic heterocycles. The molecule has 4 heteroatoms. The molecule has 0 fully saturated rings. The lowest BCUT2D eigenvalue weighted by Gasteiger charge is -2.10. The van der Waals surface area contributed by atoms with E-state index in [0.29, 0.717) is 0 Å². The summed E-state index contributed by atoms with van der Waals surface area (Å²) in [4.78, 5) is 4.38. The summed E-state index contributed by atoms with van der Waals surface area (Å²) in [7, 11) is 1.68. The number of methoxy groups -OCH3 is 1. The predicted molar refractivity (Wildman–Crippen MR) is 69.5 cm³/mol. The Balaban J connectivity index is 2.49. The van der Waals surface area contributed by atoms with Gasteiger partial charge in [0.15, 0.2) is 0 Å². The molecule has 0 bridgehead atoms. The molecule has 2 aromatic rings. The molecule has 1 N–H and O–H groups in total. The summed E-state index contributed by atoms with van der Waals surface area (Å²) in [6.45, 7) is 4.09. The van der Waals surface area contributed by atoms with E-state index in [1.165, 1.54) is 5.56 Å². The van der Waals surface area contributed by atoms with Crippen molar-refractivity contribution in [3.63, 3.8) is 0 Å². The SMILES string of the molecule is COc1ccc(-c2nc(CO)cs2)c(C)c1C. The van der Waals surface area contributed by atoms with Gasteiger partial charge in [0.25, 0.3) is 0 Å². The zero-order valence-electron chi connectivity index (χ0n) is 10.2. The van der Waals surface area contributed by atoms with Crippen molar-refractivity contribution in [2.75, 3.05) is 7.11 Å². The maximum absolute atomic E-state index is 9.03. The summed E-state index contributed by atoms with van der Waals surface area (Å²) in [6.07, 6.45) is 0. The Bertz CT molecular complexity index is 534. The highest BCUT2D eigenvalue weighted by Gasteiger charge is 2.11. The van der Waals surface area contributed by atoms with Gasteiger partial charge in [-0.25, -0.2) is 4.98 Å². The van der Waals surface area contributed by atoms with Crippen LogP contribution in [0.3, 0.4) is 0 Å². The summed E-state index contributed by atoms with van der Waals surface area (Å²) < 4.78 is 5.29. The zero-order chi connectivity index (χ0) is 12.4. The van der Waals surface area contributed by atoms with Gasteiger partial charge in [0, 0.05) is 10.9 Å². The van der Waals surface area contributed by atoms with Gasteiger partial charge in [-0.15, -0.1) is 11.3 Å².